The Morgan fingerprint density at radius 2 is 1.76 bits per heavy atom. The third-order valence-corrected chi connectivity index (χ3v) is 6.60. The van der Waals surface area contributed by atoms with Gasteiger partial charge in [0.2, 0.25) is 5.91 Å². The van der Waals surface area contributed by atoms with Crippen molar-refractivity contribution in [1.29, 1.82) is 0 Å². The van der Waals surface area contributed by atoms with Crippen molar-refractivity contribution in [2.75, 3.05) is 0 Å². The molecule has 0 unspecified atom stereocenters. The highest BCUT2D eigenvalue weighted by Crippen LogP contribution is 2.33. The van der Waals surface area contributed by atoms with Gasteiger partial charge in [-0.1, -0.05) is 47.7 Å². The number of carbonyl (C=O) groups is 2. The number of aryl methyl sites for hydroxylation is 1. The number of nitrogens with zero attached hydrogens (tertiary/aromatic N) is 5. The molecule has 1 atom stereocenters. The summed E-state index contributed by atoms with van der Waals surface area (Å²) in [6.45, 7) is 2.43. The average Bonchev–Trinajstić information content (AvgIpc) is 3.41. The van der Waals surface area contributed by atoms with E-state index in [1.165, 1.54) is 4.90 Å². The lowest BCUT2D eigenvalue weighted by Gasteiger charge is -2.32. The molecule has 4 aromatic rings. The number of imide groups is 1. The summed E-state index contributed by atoms with van der Waals surface area (Å²) in [6, 6.07) is 19.2. The first-order chi connectivity index (χ1) is 16.0. The molecule has 0 spiro atoms. The number of hydrogen-bond acceptors (Lipinski definition) is 5. The van der Waals surface area contributed by atoms with Crippen molar-refractivity contribution in [3.63, 3.8) is 0 Å². The fourth-order valence-corrected chi connectivity index (χ4v) is 4.83. The summed E-state index contributed by atoms with van der Waals surface area (Å²) in [7, 11) is 1.86. The zero-order valence-electron chi connectivity index (χ0n) is 18.3. The van der Waals surface area contributed by atoms with Gasteiger partial charge in [-0.15, -0.1) is 5.10 Å². The SMILES string of the molecule is C[C@H](c1ccccc1)N1C(=O)Cc2cc3c(cc2C1=O)C(c1ccc2nnn(C)c2c1)=NC3. The summed E-state index contributed by atoms with van der Waals surface area (Å²) < 4.78 is 1.74. The van der Waals surface area contributed by atoms with Gasteiger partial charge in [-0.05, 0) is 41.8 Å². The van der Waals surface area contributed by atoms with Gasteiger partial charge in [-0.25, -0.2) is 4.68 Å². The molecule has 0 bridgehead atoms. The Kier molecular flexibility index (Phi) is 4.26. The van der Waals surface area contributed by atoms with Crippen molar-refractivity contribution in [2.45, 2.75) is 25.9 Å². The van der Waals surface area contributed by atoms with Crippen LogP contribution in [-0.2, 0) is 24.8 Å². The van der Waals surface area contributed by atoms with E-state index in [-0.39, 0.29) is 24.3 Å². The molecule has 0 radical (unpaired) electrons. The second kappa shape index (κ2) is 7.20. The Balaban J connectivity index is 1.40. The summed E-state index contributed by atoms with van der Waals surface area (Å²) in [5.74, 6) is -0.421. The van der Waals surface area contributed by atoms with Crippen molar-refractivity contribution < 1.29 is 9.59 Å². The van der Waals surface area contributed by atoms with Gasteiger partial charge in [0, 0.05) is 23.7 Å². The standard InChI is InChI=1S/C26H21N5O2/c1-15(16-6-4-3-5-7-16)31-24(32)12-18-10-19-14-27-25(20(19)13-21(18)26(31)33)17-8-9-22-23(11-17)30(2)29-28-22/h3-11,13,15H,12,14H2,1-2H3/t15-/m1/s1. The average molecular weight is 435 g/mol. The number of aliphatic imine (C=N–C) groups is 1. The van der Waals surface area contributed by atoms with E-state index in [4.69, 9.17) is 4.99 Å². The summed E-state index contributed by atoms with van der Waals surface area (Å²) in [5.41, 5.74) is 7.83. The lowest BCUT2D eigenvalue weighted by Crippen LogP contribution is -2.43. The summed E-state index contributed by atoms with van der Waals surface area (Å²) in [5, 5.41) is 8.22. The molecule has 0 N–H and O–H groups in total. The predicted molar refractivity (Wildman–Crippen MR) is 124 cm³/mol. The van der Waals surface area contributed by atoms with Gasteiger partial charge in [-0.2, -0.15) is 0 Å². The van der Waals surface area contributed by atoms with Crippen molar-refractivity contribution in [3.05, 3.63) is 94.0 Å². The highest BCUT2D eigenvalue weighted by Gasteiger charge is 2.36. The van der Waals surface area contributed by atoms with E-state index in [1.54, 1.807) is 4.68 Å². The maximum absolute atomic E-state index is 13.5. The van der Waals surface area contributed by atoms with Crippen LogP contribution in [0.2, 0.25) is 0 Å². The molecule has 3 aromatic carbocycles. The van der Waals surface area contributed by atoms with Crippen LogP contribution >= 0.6 is 0 Å². The third kappa shape index (κ3) is 3.00. The predicted octanol–water partition coefficient (Wildman–Crippen LogP) is 3.61. The normalized spacial score (nSPS) is 16.1. The van der Waals surface area contributed by atoms with Crippen LogP contribution in [-0.4, -0.2) is 37.4 Å². The summed E-state index contributed by atoms with van der Waals surface area (Å²) in [6.07, 6.45) is 0.216. The minimum Gasteiger partial charge on any atom is -0.279 e. The van der Waals surface area contributed by atoms with E-state index in [9.17, 15) is 9.59 Å². The topological polar surface area (TPSA) is 80.5 Å². The van der Waals surface area contributed by atoms with Crippen LogP contribution in [0.15, 0.2) is 65.7 Å². The molecular formula is C26H21N5O2. The van der Waals surface area contributed by atoms with Gasteiger partial charge in [0.15, 0.2) is 0 Å². The molecule has 2 amide bonds. The Morgan fingerprint density at radius 3 is 2.58 bits per heavy atom. The zero-order valence-corrected chi connectivity index (χ0v) is 18.3. The number of hydrogen-bond donors (Lipinski definition) is 0. The molecule has 7 nitrogen and oxygen atoms in total. The van der Waals surface area contributed by atoms with Crippen molar-refractivity contribution >= 4 is 28.6 Å². The smallest absolute Gasteiger partial charge is 0.261 e. The quantitative estimate of drug-likeness (QED) is 0.461. The first-order valence-corrected chi connectivity index (χ1v) is 10.9. The molecular weight excluding hydrogens is 414 g/mol. The number of rotatable bonds is 3. The summed E-state index contributed by atoms with van der Waals surface area (Å²) in [4.78, 5) is 32.6. The molecule has 0 fully saturated rings. The Morgan fingerprint density at radius 1 is 0.939 bits per heavy atom. The van der Waals surface area contributed by atoms with Gasteiger partial charge in [-0.3, -0.25) is 19.5 Å². The van der Waals surface area contributed by atoms with E-state index < -0.39 is 0 Å². The lowest BCUT2D eigenvalue weighted by molar-refractivity contribution is -0.130. The lowest BCUT2D eigenvalue weighted by atomic mass is 9.89. The minimum absolute atomic E-state index is 0.169. The van der Waals surface area contributed by atoms with Crippen molar-refractivity contribution in [2.24, 2.45) is 12.0 Å². The Bertz CT molecular complexity index is 1490. The molecule has 2 aliphatic rings. The van der Waals surface area contributed by atoms with E-state index >= 15 is 0 Å². The van der Waals surface area contributed by atoms with E-state index in [0.29, 0.717) is 12.1 Å². The van der Waals surface area contributed by atoms with Gasteiger partial charge in [0.25, 0.3) is 5.91 Å². The number of aromatic nitrogens is 3. The van der Waals surface area contributed by atoms with Gasteiger partial charge >= 0.3 is 0 Å². The van der Waals surface area contributed by atoms with Crippen LogP contribution in [0, 0.1) is 0 Å². The summed E-state index contributed by atoms with van der Waals surface area (Å²) >= 11 is 0. The van der Waals surface area contributed by atoms with E-state index in [0.717, 1.165) is 44.6 Å². The molecule has 6 rings (SSSR count). The molecule has 1 aromatic heterocycles. The van der Waals surface area contributed by atoms with Crippen LogP contribution in [0.3, 0.4) is 0 Å². The Hall–Kier alpha value is -4.13. The molecule has 0 saturated carbocycles. The van der Waals surface area contributed by atoms with Crippen LogP contribution in [0.4, 0.5) is 0 Å². The van der Waals surface area contributed by atoms with E-state index in [1.807, 2.05) is 74.6 Å². The second-order valence-corrected chi connectivity index (χ2v) is 8.58. The largest absolute Gasteiger partial charge is 0.279 e. The molecule has 33 heavy (non-hydrogen) atoms. The maximum Gasteiger partial charge on any atom is 0.261 e. The van der Waals surface area contributed by atoms with Crippen LogP contribution < -0.4 is 0 Å². The van der Waals surface area contributed by atoms with Gasteiger partial charge < -0.3 is 0 Å². The molecule has 162 valence electrons. The third-order valence-electron chi connectivity index (χ3n) is 6.60. The first kappa shape index (κ1) is 19.5. The number of carbonyl (C=O) groups excluding carboxylic acids is 2. The molecule has 3 heterocycles. The fourth-order valence-electron chi connectivity index (χ4n) is 4.83. The first-order valence-electron chi connectivity index (χ1n) is 10.9. The van der Waals surface area contributed by atoms with Crippen molar-refractivity contribution in [1.82, 2.24) is 19.9 Å². The van der Waals surface area contributed by atoms with Gasteiger partial charge in [0.05, 0.1) is 30.2 Å². The monoisotopic (exact) mass is 435 g/mol. The fraction of sp³-hybridized carbons (Fsp3) is 0.192. The number of fused-ring (bicyclic) bond motifs is 3. The van der Waals surface area contributed by atoms with Crippen LogP contribution in [0.25, 0.3) is 11.0 Å². The second-order valence-electron chi connectivity index (χ2n) is 8.58. The van der Waals surface area contributed by atoms with Crippen LogP contribution in [0.5, 0.6) is 0 Å². The highest BCUT2D eigenvalue weighted by molar-refractivity contribution is 6.18. The van der Waals surface area contributed by atoms with Crippen molar-refractivity contribution in [3.8, 4) is 0 Å². The van der Waals surface area contributed by atoms with E-state index in [2.05, 4.69) is 10.3 Å². The molecule has 7 heteroatoms. The maximum atomic E-state index is 13.5. The molecule has 2 aliphatic heterocycles. The highest BCUT2D eigenvalue weighted by atomic mass is 16.2. The number of benzene rings is 3. The molecule has 0 saturated heterocycles. The van der Waals surface area contributed by atoms with Crippen LogP contribution in [0.1, 0.15) is 51.1 Å². The Labute approximate surface area is 190 Å². The zero-order chi connectivity index (χ0) is 22.7. The number of amides is 2. The molecule has 0 aliphatic carbocycles. The minimum atomic E-state index is -0.333. The van der Waals surface area contributed by atoms with Gasteiger partial charge in [0.1, 0.15) is 5.52 Å².